The average molecular weight is 295 g/mol. The SMILES string of the molecule is Cc1nc2c(Br)cc(C(C)(C)C)cc2[nH]c1=O. The predicted octanol–water partition coefficient (Wildman–Crippen LogP) is 3.29. The Kier molecular flexibility index (Phi) is 2.86. The summed E-state index contributed by atoms with van der Waals surface area (Å²) < 4.78 is 0.916. The van der Waals surface area contributed by atoms with Gasteiger partial charge in [-0.3, -0.25) is 4.79 Å². The Bertz CT molecular complexity index is 638. The molecule has 0 aliphatic carbocycles. The molecule has 0 bridgehead atoms. The van der Waals surface area contributed by atoms with Crippen molar-refractivity contribution in [2.24, 2.45) is 0 Å². The normalized spacial score (nSPS) is 12.1. The van der Waals surface area contributed by atoms with E-state index in [1.54, 1.807) is 6.92 Å². The Morgan fingerprint density at radius 2 is 1.94 bits per heavy atom. The van der Waals surface area contributed by atoms with Crippen molar-refractivity contribution in [3.8, 4) is 0 Å². The van der Waals surface area contributed by atoms with Crippen LogP contribution in [0.1, 0.15) is 32.0 Å². The van der Waals surface area contributed by atoms with Crippen LogP contribution < -0.4 is 5.56 Å². The van der Waals surface area contributed by atoms with Crippen LogP contribution in [0.4, 0.5) is 0 Å². The second-order valence-electron chi connectivity index (χ2n) is 5.26. The predicted molar refractivity (Wildman–Crippen MR) is 73.5 cm³/mol. The fourth-order valence-corrected chi connectivity index (χ4v) is 2.22. The number of benzene rings is 1. The molecule has 17 heavy (non-hydrogen) atoms. The Labute approximate surface area is 108 Å². The highest BCUT2D eigenvalue weighted by molar-refractivity contribution is 9.10. The molecule has 1 aromatic carbocycles. The molecule has 1 aromatic heterocycles. The zero-order valence-corrected chi connectivity index (χ0v) is 12.0. The summed E-state index contributed by atoms with van der Waals surface area (Å²) in [5.74, 6) is 0. The molecule has 3 nitrogen and oxygen atoms in total. The van der Waals surface area contributed by atoms with Gasteiger partial charge in [-0.2, -0.15) is 0 Å². The fraction of sp³-hybridized carbons (Fsp3) is 0.385. The number of aryl methyl sites for hydroxylation is 1. The Morgan fingerprint density at radius 3 is 2.53 bits per heavy atom. The smallest absolute Gasteiger partial charge is 0.269 e. The van der Waals surface area contributed by atoms with E-state index in [-0.39, 0.29) is 11.0 Å². The molecule has 0 spiro atoms. The zero-order chi connectivity index (χ0) is 12.8. The van der Waals surface area contributed by atoms with Crippen molar-refractivity contribution in [2.75, 3.05) is 0 Å². The lowest BCUT2D eigenvalue weighted by Gasteiger charge is -2.20. The maximum absolute atomic E-state index is 11.6. The van der Waals surface area contributed by atoms with Gasteiger partial charge in [0.05, 0.1) is 5.52 Å². The highest BCUT2D eigenvalue weighted by atomic mass is 79.9. The van der Waals surface area contributed by atoms with E-state index in [0.717, 1.165) is 21.1 Å². The van der Waals surface area contributed by atoms with E-state index in [4.69, 9.17) is 0 Å². The molecule has 4 heteroatoms. The molecular formula is C13H15BrN2O. The van der Waals surface area contributed by atoms with Gasteiger partial charge < -0.3 is 4.98 Å². The summed E-state index contributed by atoms with van der Waals surface area (Å²) in [7, 11) is 0. The molecule has 0 amide bonds. The van der Waals surface area contributed by atoms with Crippen molar-refractivity contribution in [3.63, 3.8) is 0 Å². The van der Waals surface area contributed by atoms with Crippen LogP contribution in [0.3, 0.4) is 0 Å². The third-order valence-corrected chi connectivity index (χ3v) is 3.39. The molecule has 90 valence electrons. The highest BCUT2D eigenvalue weighted by Gasteiger charge is 2.16. The monoisotopic (exact) mass is 294 g/mol. The van der Waals surface area contributed by atoms with Crippen molar-refractivity contribution in [3.05, 3.63) is 38.2 Å². The fourth-order valence-electron chi connectivity index (χ4n) is 1.67. The lowest BCUT2D eigenvalue weighted by atomic mass is 9.87. The van der Waals surface area contributed by atoms with Gasteiger partial charge in [0.15, 0.2) is 0 Å². The second-order valence-corrected chi connectivity index (χ2v) is 6.11. The van der Waals surface area contributed by atoms with Crippen LogP contribution in [0.15, 0.2) is 21.4 Å². The zero-order valence-electron chi connectivity index (χ0n) is 10.4. The number of halogens is 1. The molecule has 2 rings (SSSR count). The number of hydrogen-bond donors (Lipinski definition) is 1. The van der Waals surface area contributed by atoms with Gasteiger partial charge in [-0.1, -0.05) is 20.8 Å². The van der Waals surface area contributed by atoms with Gasteiger partial charge in [0.2, 0.25) is 0 Å². The molecule has 0 atom stereocenters. The first kappa shape index (κ1) is 12.3. The van der Waals surface area contributed by atoms with Gasteiger partial charge in [0.25, 0.3) is 5.56 Å². The van der Waals surface area contributed by atoms with Crippen molar-refractivity contribution in [1.82, 2.24) is 9.97 Å². The number of rotatable bonds is 0. The molecule has 0 aliphatic heterocycles. The number of nitrogens with zero attached hydrogens (tertiary/aromatic N) is 1. The van der Waals surface area contributed by atoms with Gasteiger partial charge >= 0.3 is 0 Å². The van der Waals surface area contributed by atoms with E-state index in [1.165, 1.54) is 0 Å². The van der Waals surface area contributed by atoms with Crippen LogP contribution in [-0.2, 0) is 5.41 Å². The van der Waals surface area contributed by atoms with Gasteiger partial charge in [-0.25, -0.2) is 4.98 Å². The maximum Gasteiger partial charge on any atom is 0.269 e. The number of aromatic amines is 1. The molecule has 0 aliphatic rings. The molecule has 0 saturated carbocycles. The first-order valence-corrected chi connectivity index (χ1v) is 6.29. The quantitative estimate of drug-likeness (QED) is 0.810. The summed E-state index contributed by atoms with van der Waals surface area (Å²) in [4.78, 5) is 18.7. The van der Waals surface area contributed by atoms with E-state index in [9.17, 15) is 4.79 Å². The minimum atomic E-state index is -0.129. The summed E-state index contributed by atoms with van der Waals surface area (Å²) in [6.45, 7) is 8.13. The largest absolute Gasteiger partial charge is 0.319 e. The van der Waals surface area contributed by atoms with E-state index >= 15 is 0 Å². The summed E-state index contributed by atoms with van der Waals surface area (Å²) in [6, 6.07) is 4.06. The highest BCUT2D eigenvalue weighted by Crippen LogP contribution is 2.29. The standard InChI is InChI=1S/C13H15BrN2O/c1-7-12(17)16-10-6-8(13(2,3)4)5-9(14)11(10)15-7/h5-6H,1-4H3,(H,16,17). The van der Waals surface area contributed by atoms with Crippen molar-refractivity contribution < 1.29 is 0 Å². The summed E-state index contributed by atoms with van der Waals surface area (Å²) in [6.07, 6.45) is 0. The topological polar surface area (TPSA) is 45.8 Å². The number of nitrogens with one attached hydrogen (secondary N) is 1. The molecule has 1 heterocycles. The summed E-state index contributed by atoms with van der Waals surface area (Å²) in [5.41, 5.74) is 3.14. The van der Waals surface area contributed by atoms with Crippen molar-refractivity contribution in [1.29, 1.82) is 0 Å². The van der Waals surface area contributed by atoms with Gasteiger partial charge in [-0.05, 0) is 46.0 Å². The van der Waals surface area contributed by atoms with Crippen LogP contribution in [0.5, 0.6) is 0 Å². The van der Waals surface area contributed by atoms with Gasteiger partial charge in [0.1, 0.15) is 11.2 Å². The summed E-state index contributed by atoms with van der Waals surface area (Å²) >= 11 is 3.51. The number of hydrogen-bond acceptors (Lipinski definition) is 2. The molecule has 2 aromatic rings. The number of aromatic nitrogens is 2. The van der Waals surface area contributed by atoms with E-state index < -0.39 is 0 Å². The Hall–Kier alpha value is -1.16. The van der Waals surface area contributed by atoms with E-state index in [2.05, 4.69) is 52.7 Å². The molecule has 0 saturated heterocycles. The average Bonchev–Trinajstić information content (AvgIpc) is 2.19. The molecule has 0 fully saturated rings. The lowest BCUT2D eigenvalue weighted by Crippen LogP contribution is -2.14. The first-order chi connectivity index (χ1) is 7.79. The third kappa shape index (κ3) is 2.27. The van der Waals surface area contributed by atoms with Gasteiger partial charge in [-0.15, -0.1) is 0 Å². The third-order valence-electron chi connectivity index (χ3n) is 2.79. The maximum atomic E-state index is 11.6. The number of fused-ring (bicyclic) bond motifs is 1. The minimum absolute atomic E-state index is 0.0402. The molecule has 0 radical (unpaired) electrons. The van der Waals surface area contributed by atoms with E-state index in [0.29, 0.717) is 5.69 Å². The Morgan fingerprint density at radius 1 is 1.29 bits per heavy atom. The second kappa shape index (κ2) is 3.95. The van der Waals surface area contributed by atoms with Crippen LogP contribution in [-0.4, -0.2) is 9.97 Å². The minimum Gasteiger partial charge on any atom is -0.319 e. The van der Waals surface area contributed by atoms with Crippen LogP contribution in [0.25, 0.3) is 11.0 Å². The summed E-state index contributed by atoms with van der Waals surface area (Å²) in [5, 5.41) is 0. The van der Waals surface area contributed by atoms with Crippen LogP contribution in [0, 0.1) is 6.92 Å². The van der Waals surface area contributed by atoms with Gasteiger partial charge in [0, 0.05) is 4.47 Å². The van der Waals surface area contributed by atoms with Crippen molar-refractivity contribution in [2.45, 2.75) is 33.1 Å². The Balaban J connectivity index is 2.83. The lowest BCUT2D eigenvalue weighted by molar-refractivity contribution is 0.590. The first-order valence-electron chi connectivity index (χ1n) is 5.50. The van der Waals surface area contributed by atoms with Crippen LogP contribution in [0.2, 0.25) is 0 Å². The number of H-pyrrole nitrogens is 1. The van der Waals surface area contributed by atoms with E-state index in [1.807, 2.05) is 6.07 Å². The molecular weight excluding hydrogens is 280 g/mol. The van der Waals surface area contributed by atoms with Crippen LogP contribution >= 0.6 is 15.9 Å². The van der Waals surface area contributed by atoms with Crippen molar-refractivity contribution >= 4 is 27.0 Å². The molecule has 1 N–H and O–H groups in total. The molecule has 0 unspecified atom stereocenters.